The van der Waals surface area contributed by atoms with Crippen LogP contribution in [0.3, 0.4) is 0 Å². The van der Waals surface area contributed by atoms with E-state index in [1.807, 2.05) is 13.8 Å². The molecule has 0 aromatic carbocycles. The lowest BCUT2D eigenvalue weighted by Crippen LogP contribution is -2.10. The molecule has 1 aliphatic rings. The van der Waals surface area contributed by atoms with Crippen molar-refractivity contribution >= 4 is 0 Å². The first-order valence-electron chi connectivity index (χ1n) is 9.96. The largest absolute Gasteiger partial charge is 0.0878 e. The van der Waals surface area contributed by atoms with E-state index in [0.29, 0.717) is 0 Å². The highest BCUT2D eigenvalue weighted by atomic mass is 14.2. The first-order valence-corrected chi connectivity index (χ1v) is 9.96. The van der Waals surface area contributed by atoms with E-state index in [2.05, 4.69) is 66.7 Å². The summed E-state index contributed by atoms with van der Waals surface area (Å²) in [5.41, 5.74) is 1.66. The first-order chi connectivity index (χ1) is 10.6. The monoisotopic (exact) mass is 310 g/mol. The highest BCUT2D eigenvalue weighted by Gasteiger charge is 2.17. The van der Waals surface area contributed by atoms with Gasteiger partial charge in [-0.1, -0.05) is 111 Å². The summed E-state index contributed by atoms with van der Waals surface area (Å²) in [6, 6.07) is 0. The van der Waals surface area contributed by atoms with Gasteiger partial charge in [0.15, 0.2) is 0 Å². The topological polar surface area (TPSA) is 0 Å². The van der Waals surface area contributed by atoms with Gasteiger partial charge in [0.05, 0.1) is 0 Å². The predicted molar refractivity (Wildman–Crippen MR) is 108 cm³/mol. The van der Waals surface area contributed by atoms with Gasteiger partial charge in [-0.15, -0.1) is 0 Å². The van der Waals surface area contributed by atoms with Crippen molar-refractivity contribution in [2.75, 3.05) is 0 Å². The molecule has 0 aromatic heterocycles. The van der Waals surface area contributed by atoms with Gasteiger partial charge < -0.3 is 0 Å². The van der Waals surface area contributed by atoms with Crippen LogP contribution >= 0.6 is 0 Å². The lowest BCUT2D eigenvalue weighted by molar-refractivity contribution is 0.465. The van der Waals surface area contributed by atoms with Crippen molar-refractivity contribution < 1.29 is 0 Å². The van der Waals surface area contributed by atoms with E-state index in [9.17, 15) is 0 Å². The maximum absolute atomic E-state index is 2.34. The molecule has 0 aliphatic heterocycles. The molecular formula is C22H46. The van der Waals surface area contributed by atoms with Crippen molar-refractivity contribution in [3.05, 3.63) is 23.8 Å². The molecule has 0 bridgehead atoms. The van der Waals surface area contributed by atoms with Crippen LogP contribution in [0.2, 0.25) is 0 Å². The molecule has 1 aliphatic carbocycles. The molecule has 0 spiro atoms. The number of hydrogen-bond donors (Lipinski definition) is 0. The lowest BCUT2D eigenvalue weighted by atomic mass is 9.81. The Morgan fingerprint density at radius 2 is 1.41 bits per heavy atom. The van der Waals surface area contributed by atoms with Crippen molar-refractivity contribution in [1.29, 1.82) is 0 Å². The Bertz CT molecular complexity index is 228. The van der Waals surface area contributed by atoms with Gasteiger partial charge in [0.25, 0.3) is 0 Å². The van der Waals surface area contributed by atoms with Crippen LogP contribution in [-0.2, 0) is 0 Å². The third-order valence-corrected chi connectivity index (χ3v) is 3.78. The molecule has 0 saturated carbocycles. The van der Waals surface area contributed by atoms with Crippen molar-refractivity contribution in [1.82, 2.24) is 0 Å². The summed E-state index contributed by atoms with van der Waals surface area (Å²) in [6.45, 7) is 19.4. The molecule has 0 fully saturated rings. The summed E-state index contributed by atoms with van der Waals surface area (Å²) in [6.07, 6.45) is 16.1. The summed E-state index contributed by atoms with van der Waals surface area (Å²) in [5, 5.41) is 0. The number of rotatable bonds is 6. The van der Waals surface area contributed by atoms with Gasteiger partial charge in [-0.25, -0.2) is 0 Å². The minimum atomic E-state index is 0.783. The Hall–Kier alpha value is -0.520. The average molecular weight is 311 g/mol. The summed E-state index contributed by atoms with van der Waals surface area (Å²) < 4.78 is 0. The average Bonchev–Trinajstić information content (AvgIpc) is 2.52. The van der Waals surface area contributed by atoms with Crippen molar-refractivity contribution in [3.8, 4) is 0 Å². The van der Waals surface area contributed by atoms with E-state index in [1.165, 1.54) is 44.9 Å². The minimum absolute atomic E-state index is 0.783. The molecule has 22 heavy (non-hydrogen) atoms. The molecule has 1 atom stereocenters. The second kappa shape index (κ2) is 22.8. The molecule has 0 nitrogen and oxygen atoms in total. The van der Waals surface area contributed by atoms with Gasteiger partial charge in [0.2, 0.25) is 0 Å². The van der Waals surface area contributed by atoms with Crippen LogP contribution in [0, 0.1) is 11.8 Å². The van der Waals surface area contributed by atoms with Crippen LogP contribution in [0.4, 0.5) is 0 Å². The molecule has 0 heterocycles. The van der Waals surface area contributed by atoms with Gasteiger partial charge in [0.1, 0.15) is 0 Å². The molecule has 134 valence electrons. The van der Waals surface area contributed by atoms with Gasteiger partial charge in [0, 0.05) is 5.92 Å². The maximum atomic E-state index is 2.34. The highest BCUT2D eigenvalue weighted by Crippen LogP contribution is 2.31. The Morgan fingerprint density at radius 1 is 1.00 bits per heavy atom. The van der Waals surface area contributed by atoms with E-state index < -0.39 is 0 Å². The van der Waals surface area contributed by atoms with Crippen LogP contribution in [0.5, 0.6) is 0 Å². The Balaban J connectivity index is -0.000000336. The smallest absolute Gasteiger partial charge is 0.00112 e. The quantitative estimate of drug-likeness (QED) is 0.431. The SMILES string of the molecule is C/C=C(\CC(CC)CC)C1C=CC1.CC.CCC.CCCC. The fourth-order valence-electron chi connectivity index (χ4n) is 1.94. The van der Waals surface area contributed by atoms with Gasteiger partial charge in [-0.2, -0.15) is 0 Å². The van der Waals surface area contributed by atoms with Crippen molar-refractivity contribution in [3.63, 3.8) is 0 Å². The summed E-state index contributed by atoms with van der Waals surface area (Å²) in [4.78, 5) is 0. The van der Waals surface area contributed by atoms with E-state index in [0.717, 1.165) is 11.8 Å². The standard InChI is InChI=1S/C13H22.C4H10.C3H8.C2H6/c1-4-11(5-2)10-12(6-3)13-8-7-9-13;1-3-4-2;1-3-2;1-2/h6-8,11,13H,4-5,9-10H2,1-3H3;3-4H2,1-2H3;3H2,1-2H3;1-2H3/b12-6+;;;. The third kappa shape index (κ3) is 15.9. The van der Waals surface area contributed by atoms with Gasteiger partial charge >= 0.3 is 0 Å². The Morgan fingerprint density at radius 3 is 1.59 bits per heavy atom. The fraction of sp³-hybridized carbons (Fsp3) is 0.818. The van der Waals surface area contributed by atoms with Crippen LogP contribution in [0.15, 0.2) is 23.8 Å². The molecule has 1 unspecified atom stereocenters. The predicted octanol–water partition coefficient (Wildman–Crippen LogP) is 8.58. The zero-order valence-corrected chi connectivity index (χ0v) is 17.3. The zero-order valence-electron chi connectivity index (χ0n) is 17.3. The second-order valence-corrected chi connectivity index (χ2v) is 5.73. The Kier molecular flexibility index (Phi) is 27.3. The second-order valence-electron chi connectivity index (χ2n) is 5.73. The molecular weight excluding hydrogens is 264 g/mol. The molecule has 0 heteroatoms. The van der Waals surface area contributed by atoms with Crippen LogP contribution in [-0.4, -0.2) is 0 Å². The molecule has 0 N–H and O–H groups in total. The molecule has 0 saturated heterocycles. The molecule has 1 rings (SSSR count). The molecule has 0 amide bonds. The summed E-state index contributed by atoms with van der Waals surface area (Å²) in [5.74, 6) is 1.69. The Labute approximate surface area is 143 Å². The lowest BCUT2D eigenvalue weighted by Gasteiger charge is -2.24. The molecule has 0 aromatic rings. The fourth-order valence-corrected chi connectivity index (χ4v) is 1.94. The van der Waals surface area contributed by atoms with Gasteiger partial charge in [-0.3, -0.25) is 0 Å². The van der Waals surface area contributed by atoms with Crippen LogP contribution in [0.25, 0.3) is 0 Å². The van der Waals surface area contributed by atoms with Crippen LogP contribution < -0.4 is 0 Å². The van der Waals surface area contributed by atoms with E-state index >= 15 is 0 Å². The minimum Gasteiger partial charge on any atom is -0.0878 e. The van der Waals surface area contributed by atoms with E-state index in [-0.39, 0.29) is 0 Å². The number of unbranched alkanes of at least 4 members (excludes halogenated alkanes) is 1. The summed E-state index contributed by atoms with van der Waals surface area (Å²) >= 11 is 0. The maximum Gasteiger partial charge on any atom is 0.00112 e. The number of allylic oxidation sites excluding steroid dienone is 4. The van der Waals surface area contributed by atoms with E-state index in [4.69, 9.17) is 0 Å². The highest BCUT2D eigenvalue weighted by molar-refractivity contribution is 5.20. The normalized spacial score (nSPS) is 15.5. The van der Waals surface area contributed by atoms with Gasteiger partial charge in [-0.05, 0) is 25.7 Å². The number of hydrogen-bond acceptors (Lipinski definition) is 0. The van der Waals surface area contributed by atoms with E-state index in [1.54, 1.807) is 5.57 Å². The zero-order chi connectivity index (χ0) is 17.8. The van der Waals surface area contributed by atoms with Crippen molar-refractivity contribution in [2.24, 2.45) is 11.8 Å². The van der Waals surface area contributed by atoms with Crippen molar-refractivity contribution in [2.45, 2.75) is 107 Å². The summed E-state index contributed by atoms with van der Waals surface area (Å²) in [7, 11) is 0. The molecule has 0 radical (unpaired) electrons. The first kappa shape index (κ1) is 26.4. The van der Waals surface area contributed by atoms with Crippen LogP contribution in [0.1, 0.15) is 107 Å². The third-order valence-electron chi connectivity index (χ3n) is 3.78.